The predicted molar refractivity (Wildman–Crippen MR) is 174 cm³/mol. The van der Waals surface area contributed by atoms with Crippen molar-refractivity contribution in [3.63, 3.8) is 0 Å². The Bertz CT molecular complexity index is 1200. The molecule has 0 heterocycles. The van der Waals surface area contributed by atoms with Gasteiger partial charge in [-0.25, -0.2) is 14.4 Å². The highest BCUT2D eigenvalue weighted by molar-refractivity contribution is 9.09. The van der Waals surface area contributed by atoms with Crippen LogP contribution < -0.4 is 20.9 Å². The van der Waals surface area contributed by atoms with E-state index >= 15 is 0 Å². The van der Waals surface area contributed by atoms with Crippen LogP contribution in [0.3, 0.4) is 0 Å². The van der Waals surface area contributed by atoms with Crippen LogP contribution in [0.2, 0.25) is 0 Å². The van der Waals surface area contributed by atoms with E-state index in [1.165, 1.54) is 12.2 Å². The second-order valence-corrected chi connectivity index (χ2v) is 10.5. The van der Waals surface area contributed by atoms with Crippen LogP contribution in [0.25, 0.3) is 0 Å². The molecule has 2 aromatic carbocycles. The summed E-state index contributed by atoms with van der Waals surface area (Å²) in [6.07, 6.45) is 2.09. The molecule has 2 rings (SSSR count). The molecule has 2 aromatic rings. The zero-order valence-corrected chi connectivity index (χ0v) is 26.9. The highest BCUT2D eigenvalue weighted by atomic mass is 79.9. The summed E-state index contributed by atoms with van der Waals surface area (Å²) in [4.78, 5) is 51.2. The number of hydrogen-bond acceptors (Lipinski definition) is 8. The van der Waals surface area contributed by atoms with Crippen molar-refractivity contribution >= 4 is 73.0 Å². The van der Waals surface area contributed by atoms with Gasteiger partial charge >= 0.3 is 24.1 Å². The Hall–Kier alpha value is -3.84. The highest BCUT2D eigenvalue weighted by Crippen LogP contribution is 2.19. The number of alkyl halides is 2. The first-order valence-corrected chi connectivity index (χ1v) is 15.6. The first-order valence-electron chi connectivity index (χ1n) is 13.4. The average Bonchev–Trinajstić information content (AvgIpc) is 3.00. The number of rotatable bonds is 18. The van der Waals surface area contributed by atoms with Gasteiger partial charge in [-0.05, 0) is 48.4 Å². The first kappa shape index (κ1) is 35.4. The number of carbonyl (C=O) groups excluding carboxylic acids is 4. The average molecular weight is 724 g/mol. The van der Waals surface area contributed by atoms with Crippen molar-refractivity contribution in [3.8, 4) is 0 Å². The Kier molecular flexibility index (Phi) is 16.6. The maximum atomic E-state index is 12.6. The van der Waals surface area contributed by atoms with Crippen LogP contribution in [0, 0.1) is 0 Å². The van der Waals surface area contributed by atoms with Crippen LogP contribution in [-0.4, -0.2) is 67.1 Å². The van der Waals surface area contributed by atoms with Crippen LogP contribution >= 0.6 is 31.9 Å². The van der Waals surface area contributed by atoms with Crippen molar-refractivity contribution in [2.45, 2.75) is 25.5 Å². The summed E-state index contributed by atoms with van der Waals surface area (Å²) in [5, 5.41) is 9.54. The summed E-state index contributed by atoms with van der Waals surface area (Å²) in [6, 6.07) is 12.4. The number of carbonyl (C=O) groups is 4. The summed E-state index contributed by atoms with van der Waals surface area (Å²) >= 11 is 6.93. The number of amides is 3. The molecule has 3 amide bonds. The number of nitrogens with zero attached hydrogens (tertiary/aromatic N) is 1. The molecule has 3 N–H and O–H groups in total. The lowest BCUT2D eigenvalue weighted by Crippen LogP contribution is -2.44. The lowest BCUT2D eigenvalue weighted by molar-refractivity contribution is -0.146. The van der Waals surface area contributed by atoms with Gasteiger partial charge in [-0.15, -0.1) is 0 Å². The predicted octanol–water partition coefficient (Wildman–Crippen LogP) is 5.76. The zero-order valence-electron chi connectivity index (χ0n) is 23.7. The third-order valence-corrected chi connectivity index (χ3v) is 6.41. The smallest absolute Gasteiger partial charge is 0.411 e. The fourth-order valence-corrected chi connectivity index (χ4v) is 4.48. The van der Waals surface area contributed by atoms with Gasteiger partial charge in [0.05, 0.1) is 0 Å². The highest BCUT2D eigenvalue weighted by Gasteiger charge is 2.23. The molecule has 13 heteroatoms. The van der Waals surface area contributed by atoms with Gasteiger partial charge in [-0.3, -0.25) is 10.1 Å². The molecule has 0 spiro atoms. The molecule has 0 aliphatic carbocycles. The number of halogens is 2. The van der Waals surface area contributed by atoms with Gasteiger partial charge in [-0.2, -0.15) is 0 Å². The Labute approximate surface area is 268 Å². The Morgan fingerprint density at radius 3 is 2.00 bits per heavy atom. The van der Waals surface area contributed by atoms with Gasteiger partial charge in [0.25, 0.3) is 0 Å². The molecule has 0 bridgehead atoms. The minimum Gasteiger partial charge on any atom is -0.461 e. The molecular weight excluding hydrogens is 688 g/mol. The molecule has 0 unspecified atom stereocenters. The lowest BCUT2D eigenvalue weighted by atomic mass is 10.1. The van der Waals surface area contributed by atoms with E-state index in [4.69, 9.17) is 14.2 Å². The number of nitrogens with one attached hydrogen (secondary N) is 3. The fraction of sp³-hybridized carbons (Fsp3) is 0.333. The molecule has 0 fully saturated rings. The maximum Gasteiger partial charge on any atom is 0.411 e. The first-order chi connectivity index (χ1) is 20.8. The molecule has 0 aromatic heterocycles. The maximum absolute atomic E-state index is 12.6. The van der Waals surface area contributed by atoms with Crippen LogP contribution in [0.15, 0.2) is 73.8 Å². The Morgan fingerprint density at radius 1 is 0.814 bits per heavy atom. The van der Waals surface area contributed by atoms with E-state index in [1.54, 1.807) is 24.3 Å². The van der Waals surface area contributed by atoms with Gasteiger partial charge < -0.3 is 29.7 Å². The van der Waals surface area contributed by atoms with Crippen LogP contribution in [0.4, 0.5) is 26.7 Å². The summed E-state index contributed by atoms with van der Waals surface area (Å²) < 4.78 is 15.3. The Balaban J connectivity index is 1.85. The van der Waals surface area contributed by atoms with E-state index in [0.717, 1.165) is 29.4 Å². The second kappa shape index (κ2) is 20.1. The zero-order chi connectivity index (χ0) is 31.5. The molecule has 0 aliphatic rings. The van der Waals surface area contributed by atoms with Crippen molar-refractivity contribution in [1.82, 2.24) is 5.32 Å². The van der Waals surface area contributed by atoms with E-state index in [1.807, 2.05) is 24.3 Å². The molecule has 43 heavy (non-hydrogen) atoms. The van der Waals surface area contributed by atoms with Crippen molar-refractivity contribution in [2.75, 3.05) is 52.5 Å². The molecule has 232 valence electrons. The topological polar surface area (TPSA) is 135 Å². The lowest BCUT2D eigenvalue weighted by Gasteiger charge is -2.23. The number of hydrogen-bond donors (Lipinski definition) is 3. The summed E-state index contributed by atoms with van der Waals surface area (Å²) in [6.45, 7) is 8.70. The monoisotopic (exact) mass is 722 g/mol. The third kappa shape index (κ3) is 13.8. The van der Waals surface area contributed by atoms with Crippen molar-refractivity contribution < 1.29 is 33.4 Å². The molecule has 1 atom stereocenters. The summed E-state index contributed by atoms with van der Waals surface area (Å²) in [5.41, 5.74) is 2.79. The van der Waals surface area contributed by atoms with Crippen molar-refractivity contribution in [2.24, 2.45) is 0 Å². The van der Waals surface area contributed by atoms with E-state index in [0.29, 0.717) is 16.9 Å². The quantitative estimate of drug-likeness (QED) is 0.0765. The summed E-state index contributed by atoms with van der Waals surface area (Å²) in [5.74, 6) is -1.24. The SMILES string of the molecule is C=CCOC(=O)CC[C@H](NC(=O)Nc1ccc(COC(=O)Nc2ccc(N(CCBr)CCBr)cc2)cc1)C(=O)OCC=C. The second-order valence-electron chi connectivity index (χ2n) is 8.89. The van der Waals surface area contributed by atoms with Crippen LogP contribution in [0.5, 0.6) is 0 Å². The minimum atomic E-state index is -1.08. The summed E-state index contributed by atoms with van der Waals surface area (Å²) in [7, 11) is 0. The molecule has 0 saturated carbocycles. The Morgan fingerprint density at radius 2 is 1.40 bits per heavy atom. The van der Waals surface area contributed by atoms with Gasteiger partial charge in [0.1, 0.15) is 25.9 Å². The van der Waals surface area contributed by atoms with Gasteiger partial charge in [0.2, 0.25) is 0 Å². The van der Waals surface area contributed by atoms with E-state index < -0.39 is 30.1 Å². The largest absolute Gasteiger partial charge is 0.461 e. The normalized spacial score (nSPS) is 10.9. The minimum absolute atomic E-state index is 0.0137. The van der Waals surface area contributed by atoms with Crippen molar-refractivity contribution in [3.05, 3.63) is 79.4 Å². The van der Waals surface area contributed by atoms with Crippen LogP contribution in [-0.2, 0) is 30.4 Å². The number of esters is 2. The fourth-order valence-electron chi connectivity index (χ4n) is 3.62. The number of urea groups is 1. The molecule has 0 aliphatic heterocycles. The number of anilines is 3. The molecular formula is C30H36Br2N4O7. The van der Waals surface area contributed by atoms with Gasteiger partial charge in [0.15, 0.2) is 0 Å². The third-order valence-electron chi connectivity index (χ3n) is 5.70. The molecule has 11 nitrogen and oxygen atoms in total. The number of ether oxygens (including phenoxy) is 3. The van der Waals surface area contributed by atoms with Gasteiger partial charge in [-0.1, -0.05) is 69.3 Å². The van der Waals surface area contributed by atoms with E-state index in [9.17, 15) is 19.2 Å². The standard InChI is InChI=1S/C30H36Br2N4O7/c1-3-19-41-27(37)14-13-26(28(38)42-20-4-2)35-29(39)33-23-7-5-22(6-8-23)21-43-30(40)34-24-9-11-25(12-10-24)36(17-15-31)18-16-32/h3-12,26H,1-2,13-21H2,(H,34,40)(H2,33,35,39)/t26-/m0/s1. The number of benzene rings is 2. The van der Waals surface area contributed by atoms with Crippen molar-refractivity contribution in [1.29, 1.82) is 0 Å². The van der Waals surface area contributed by atoms with E-state index in [-0.39, 0.29) is 32.7 Å². The van der Waals surface area contributed by atoms with E-state index in [2.05, 4.69) is 65.9 Å². The molecule has 0 saturated heterocycles. The van der Waals surface area contributed by atoms with Crippen LogP contribution in [0.1, 0.15) is 18.4 Å². The van der Waals surface area contributed by atoms with Gasteiger partial charge in [0, 0.05) is 47.2 Å². The molecule has 0 radical (unpaired) electrons.